The first kappa shape index (κ1) is 13.2. The van der Waals surface area contributed by atoms with E-state index in [9.17, 15) is 0 Å². The Morgan fingerprint density at radius 3 is 2.19 bits per heavy atom. The fraction of sp³-hybridized carbons (Fsp3) is 0.600. The molecule has 0 aliphatic rings. The smallest absolute Gasteiger partial charge is 0.000824 e. The number of hydrogen-bond acceptors (Lipinski definition) is 1. The molecule has 0 fully saturated rings. The first-order valence-corrected chi connectivity index (χ1v) is 6.46. The van der Waals surface area contributed by atoms with Crippen LogP contribution < -0.4 is 5.73 Å². The van der Waals surface area contributed by atoms with Gasteiger partial charge in [-0.15, -0.1) is 0 Å². The minimum atomic E-state index is 0.540. The highest BCUT2D eigenvalue weighted by atomic mass is 14.5. The molecule has 0 spiro atoms. The van der Waals surface area contributed by atoms with Crippen LogP contribution in [-0.4, -0.2) is 6.54 Å². The molecule has 1 aromatic carbocycles. The van der Waals surface area contributed by atoms with E-state index in [0.717, 1.165) is 12.5 Å². The maximum absolute atomic E-state index is 5.81. The van der Waals surface area contributed by atoms with E-state index in [1.165, 1.54) is 30.4 Å². The molecule has 0 aliphatic carbocycles. The SMILES string of the molecule is CCCC(CN)c1ccc(CC(C)C)cc1. The molecule has 16 heavy (non-hydrogen) atoms. The van der Waals surface area contributed by atoms with Crippen LogP contribution >= 0.6 is 0 Å². The minimum absolute atomic E-state index is 0.540. The molecule has 1 heteroatoms. The van der Waals surface area contributed by atoms with Gasteiger partial charge in [0, 0.05) is 0 Å². The standard InChI is InChI=1S/C15H25N/c1-4-5-15(11-16)14-8-6-13(7-9-14)10-12(2)3/h6-9,12,15H,4-5,10-11,16H2,1-3H3. The zero-order valence-electron chi connectivity index (χ0n) is 10.9. The van der Waals surface area contributed by atoms with E-state index in [0.29, 0.717) is 5.92 Å². The van der Waals surface area contributed by atoms with Gasteiger partial charge in [0.1, 0.15) is 0 Å². The number of hydrogen-bond donors (Lipinski definition) is 1. The summed E-state index contributed by atoms with van der Waals surface area (Å²) in [4.78, 5) is 0. The van der Waals surface area contributed by atoms with E-state index in [4.69, 9.17) is 5.73 Å². The molecule has 1 atom stereocenters. The van der Waals surface area contributed by atoms with Crippen LogP contribution in [0.15, 0.2) is 24.3 Å². The van der Waals surface area contributed by atoms with Gasteiger partial charge in [-0.3, -0.25) is 0 Å². The van der Waals surface area contributed by atoms with Crippen molar-refractivity contribution in [1.82, 2.24) is 0 Å². The summed E-state index contributed by atoms with van der Waals surface area (Å²) >= 11 is 0. The lowest BCUT2D eigenvalue weighted by Crippen LogP contribution is -2.12. The average Bonchev–Trinajstić information content (AvgIpc) is 2.26. The lowest BCUT2D eigenvalue weighted by molar-refractivity contribution is 0.620. The van der Waals surface area contributed by atoms with Gasteiger partial charge in [-0.2, -0.15) is 0 Å². The quantitative estimate of drug-likeness (QED) is 0.775. The van der Waals surface area contributed by atoms with Gasteiger partial charge in [-0.25, -0.2) is 0 Å². The first-order valence-electron chi connectivity index (χ1n) is 6.46. The predicted molar refractivity (Wildman–Crippen MR) is 71.7 cm³/mol. The van der Waals surface area contributed by atoms with Gasteiger partial charge in [0.05, 0.1) is 0 Å². The molecule has 1 aromatic rings. The Hall–Kier alpha value is -0.820. The van der Waals surface area contributed by atoms with Crippen LogP contribution in [0.5, 0.6) is 0 Å². The molecule has 90 valence electrons. The summed E-state index contributed by atoms with van der Waals surface area (Å²) in [6.45, 7) is 7.49. The van der Waals surface area contributed by atoms with E-state index in [-0.39, 0.29) is 0 Å². The molecule has 2 N–H and O–H groups in total. The lowest BCUT2D eigenvalue weighted by Gasteiger charge is -2.15. The van der Waals surface area contributed by atoms with Crippen LogP contribution in [0.3, 0.4) is 0 Å². The maximum Gasteiger partial charge on any atom is -0.000824 e. The Balaban J connectivity index is 2.69. The Bertz CT molecular complexity index is 287. The molecule has 0 radical (unpaired) electrons. The van der Waals surface area contributed by atoms with Gasteiger partial charge in [-0.1, -0.05) is 51.5 Å². The third-order valence-electron chi connectivity index (χ3n) is 3.02. The van der Waals surface area contributed by atoms with Crippen molar-refractivity contribution in [2.75, 3.05) is 6.54 Å². The molecule has 1 rings (SSSR count). The summed E-state index contributed by atoms with van der Waals surface area (Å²) in [6, 6.07) is 9.02. The van der Waals surface area contributed by atoms with E-state index in [1.807, 2.05) is 0 Å². The summed E-state index contributed by atoms with van der Waals surface area (Å²) in [5.74, 6) is 1.27. The van der Waals surface area contributed by atoms with E-state index < -0.39 is 0 Å². The van der Waals surface area contributed by atoms with Crippen molar-refractivity contribution in [2.24, 2.45) is 11.7 Å². The number of benzene rings is 1. The van der Waals surface area contributed by atoms with Crippen LogP contribution in [0.25, 0.3) is 0 Å². The second-order valence-electron chi connectivity index (χ2n) is 5.06. The molecule has 0 heterocycles. The van der Waals surface area contributed by atoms with E-state index in [2.05, 4.69) is 45.0 Å². The average molecular weight is 219 g/mol. The summed E-state index contributed by atoms with van der Waals surface area (Å²) in [7, 11) is 0. The van der Waals surface area contributed by atoms with Crippen molar-refractivity contribution in [3.63, 3.8) is 0 Å². The maximum atomic E-state index is 5.81. The summed E-state index contributed by atoms with van der Waals surface area (Å²) in [5.41, 5.74) is 8.65. The Morgan fingerprint density at radius 1 is 1.12 bits per heavy atom. The van der Waals surface area contributed by atoms with Crippen molar-refractivity contribution < 1.29 is 0 Å². The van der Waals surface area contributed by atoms with Crippen LogP contribution in [0.1, 0.15) is 50.7 Å². The Morgan fingerprint density at radius 2 is 1.75 bits per heavy atom. The van der Waals surface area contributed by atoms with Gasteiger partial charge in [0.25, 0.3) is 0 Å². The predicted octanol–water partition coefficient (Wildman–Crippen LogP) is 3.73. The first-order chi connectivity index (χ1) is 7.67. The molecule has 0 aliphatic heterocycles. The molecule has 0 bridgehead atoms. The van der Waals surface area contributed by atoms with Gasteiger partial charge in [0.2, 0.25) is 0 Å². The normalized spacial score (nSPS) is 13.1. The van der Waals surface area contributed by atoms with Crippen molar-refractivity contribution >= 4 is 0 Å². The van der Waals surface area contributed by atoms with E-state index in [1.54, 1.807) is 0 Å². The molecule has 0 aromatic heterocycles. The summed E-state index contributed by atoms with van der Waals surface area (Å²) < 4.78 is 0. The van der Waals surface area contributed by atoms with E-state index >= 15 is 0 Å². The van der Waals surface area contributed by atoms with Crippen LogP contribution in [0, 0.1) is 5.92 Å². The highest BCUT2D eigenvalue weighted by molar-refractivity contribution is 5.26. The Kier molecular flexibility index (Phi) is 5.54. The van der Waals surface area contributed by atoms with Crippen molar-refractivity contribution in [2.45, 2.75) is 46.0 Å². The minimum Gasteiger partial charge on any atom is -0.330 e. The van der Waals surface area contributed by atoms with Crippen LogP contribution in [0.4, 0.5) is 0 Å². The molecule has 0 saturated carbocycles. The summed E-state index contributed by atoms with van der Waals surface area (Å²) in [6.07, 6.45) is 3.57. The highest BCUT2D eigenvalue weighted by Gasteiger charge is 2.08. The number of nitrogens with two attached hydrogens (primary N) is 1. The van der Waals surface area contributed by atoms with Crippen LogP contribution in [0.2, 0.25) is 0 Å². The largest absolute Gasteiger partial charge is 0.330 e. The second-order valence-corrected chi connectivity index (χ2v) is 5.06. The number of rotatable bonds is 6. The zero-order valence-corrected chi connectivity index (χ0v) is 10.9. The fourth-order valence-electron chi connectivity index (χ4n) is 2.17. The molecule has 1 unspecified atom stereocenters. The zero-order chi connectivity index (χ0) is 12.0. The molecule has 0 amide bonds. The third kappa shape index (κ3) is 3.97. The van der Waals surface area contributed by atoms with Gasteiger partial charge < -0.3 is 5.73 Å². The molecular formula is C15H25N. The van der Waals surface area contributed by atoms with Crippen molar-refractivity contribution in [3.05, 3.63) is 35.4 Å². The van der Waals surface area contributed by atoms with Crippen molar-refractivity contribution in [1.29, 1.82) is 0 Å². The molecular weight excluding hydrogens is 194 g/mol. The lowest BCUT2D eigenvalue weighted by atomic mass is 9.92. The second kappa shape index (κ2) is 6.70. The van der Waals surface area contributed by atoms with Crippen molar-refractivity contribution in [3.8, 4) is 0 Å². The molecule has 0 saturated heterocycles. The third-order valence-corrected chi connectivity index (χ3v) is 3.02. The Labute approximate surface area is 100 Å². The summed E-state index contributed by atoms with van der Waals surface area (Å²) in [5, 5.41) is 0. The monoisotopic (exact) mass is 219 g/mol. The van der Waals surface area contributed by atoms with Gasteiger partial charge in [0.15, 0.2) is 0 Å². The van der Waals surface area contributed by atoms with Gasteiger partial charge >= 0.3 is 0 Å². The fourth-order valence-corrected chi connectivity index (χ4v) is 2.17. The molecule has 1 nitrogen and oxygen atoms in total. The van der Waals surface area contributed by atoms with Crippen LogP contribution in [-0.2, 0) is 6.42 Å². The topological polar surface area (TPSA) is 26.0 Å². The van der Waals surface area contributed by atoms with Gasteiger partial charge in [-0.05, 0) is 42.3 Å². The highest BCUT2D eigenvalue weighted by Crippen LogP contribution is 2.21.